The fraction of sp³-hybridized carbons (Fsp3) is 0.118. The van der Waals surface area contributed by atoms with Gasteiger partial charge in [0.05, 0.1) is 12.1 Å². The highest BCUT2D eigenvalue weighted by molar-refractivity contribution is 5.83. The van der Waals surface area contributed by atoms with Crippen molar-refractivity contribution < 1.29 is 0 Å². The molecule has 0 atom stereocenters. The summed E-state index contributed by atoms with van der Waals surface area (Å²) in [4.78, 5) is 16.7. The second kappa shape index (κ2) is 4.80. The Kier molecular flexibility index (Phi) is 2.79. The maximum atomic E-state index is 12.7. The number of pyridine rings is 2. The Bertz CT molecular complexity index is 1030. The van der Waals surface area contributed by atoms with Crippen LogP contribution in [-0.2, 0) is 6.54 Å². The van der Waals surface area contributed by atoms with Crippen molar-refractivity contribution in [1.82, 2.24) is 19.2 Å². The van der Waals surface area contributed by atoms with E-state index in [9.17, 15) is 4.79 Å². The molecule has 0 saturated carbocycles. The predicted octanol–water partition coefficient (Wildman–Crippen LogP) is 2.40. The molecule has 108 valence electrons. The van der Waals surface area contributed by atoms with Crippen molar-refractivity contribution in [2.45, 2.75) is 13.5 Å². The van der Waals surface area contributed by atoms with E-state index in [1.165, 1.54) is 4.68 Å². The minimum absolute atomic E-state index is 0.119. The highest BCUT2D eigenvalue weighted by Gasteiger charge is 2.12. The lowest BCUT2D eigenvalue weighted by molar-refractivity contribution is 0.659. The molecule has 0 bridgehead atoms. The van der Waals surface area contributed by atoms with E-state index in [1.807, 2.05) is 43.3 Å². The number of nitrogens with zero attached hydrogens (tertiary/aromatic N) is 4. The highest BCUT2D eigenvalue weighted by Crippen LogP contribution is 2.18. The smallest absolute Gasteiger partial charge is 0.265 e. The zero-order valence-corrected chi connectivity index (χ0v) is 12.1. The van der Waals surface area contributed by atoms with Gasteiger partial charge >= 0.3 is 5.69 Å². The Morgan fingerprint density at radius 2 is 1.86 bits per heavy atom. The highest BCUT2D eigenvalue weighted by atomic mass is 16.2. The number of fused-ring (bicyclic) bond motifs is 3. The van der Waals surface area contributed by atoms with Crippen LogP contribution >= 0.6 is 0 Å². The van der Waals surface area contributed by atoms with Crippen molar-refractivity contribution in [2.75, 3.05) is 0 Å². The summed E-state index contributed by atoms with van der Waals surface area (Å²) in [7, 11) is 0. The van der Waals surface area contributed by atoms with E-state index in [0.717, 1.165) is 22.0 Å². The predicted molar refractivity (Wildman–Crippen MR) is 85.0 cm³/mol. The quantitative estimate of drug-likeness (QED) is 0.569. The van der Waals surface area contributed by atoms with Crippen LogP contribution in [0.25, 0.3) is 16.6 Å². The average molecular weight is 290 g/mol. The van der Waals surface area contributed by atoms with Crippen molar-refractivity contribution in [2.24, 2.45) is 0 Å². The maximum absolute atomic E-state index is 12.7. The molecule has 0 aliphatic rings. The molecule has 5 heteroatoms. The number of rotatable bonds is 2. The zero-order chi connectivity index (χ0) is 15.1. The first-order valence-electron chi connectivity index (χ1n) is 7.11. The van der Waals surface area contributed by atoms with E-state index in [0.29, 0.717) is 12.2 Å². The van der Waals surface area contributed by atoms with E-state index in [2.05, 4.69) is 16.1 Å². The second-order valence-electron chi connectivity index (χ2n) is 5.34. The summed E-state index contributed by atoms with van der Waals surface area (Å²) < 4.78 is 3.19. The fourth-order valence-electron chi connectivity index (χ4n) is 2.76. The molecule has 4 rings (SSSR count). The van der Waals surface area contributed by atoms with Crippen LogP contribution in [-0.4, -0.2) is 19.2 Å². The number of benzene rings is 1. The lowest BCUT2D eigenvalue weighted by Gasteiger charge is -2.02. The fourth-order valence-corrected chi connectivity index (χ4v) is 2.76. The van der Waals surface area contributed by atoms with Crippen LogP contribution in [0.1, 0.15) is 11.1 Å². The summed E-state index contributed by atoms with van der Waals surface area (Å²) in [6.07, 6.45) is 3.44. The normalized spacial score (nSPS) is 11.3. The Labute approximate surface area is 126 Å². The van der Waals surface area contributed by atoms with Crippen LogP contribution in [0.2, 0.25) is 0 Å². The molecule has 0 radical (unpaired) electrons. The third-order valence-electron chi connectivity index (χ3n) is 3.82. The molecular formula is C17H14N4O. The van der Waals surface area contributed by atoms with Crippen molar-refractivity contribution >= 4 is 16.6 Å². The summed E-state index contributed by atoms with van der Waals surface area (Å²) in [5.41, 5.74) is 3.46. The molecule has 0 aliphatic heterocycles. The molecule has 0 spiro atoms. The molecule has 0 saturated heterocycles. The molecule has 3 aromatic heterocycles. The summed E-state index contributed by atoms with van der Waals surface area (Å²) in [6, 6.07) is 13.7. The monoisotopic (exact) mass is 290 g/mol. The van der Waals surface area contributed by atoms with Crippen LogP contribution < -0.4 is 5.69 Å². The van der Waals surface area contributed by atoms with Crippen molar-refractivity contribution in [3.63, 3.8) is 0 Å². The first-order valence-corrected chi connectivity index (χ1v) is 7.11. The van der Waals surface area contributed by atoms with Gasteiger partial charge in [-0.1, -0.05) is 18.2 Å². The topological polar surface area (TPSA) is 52.2 Å². The maximum Gasteiger partial charge on any atom is 0.351 e. The molecule has 0 unspecified atom stereocenters. The van der Waals surface area contributed by atoms with E-state index in [4.69, 9.17) is 0 Å². The largest absolute Gasteiger partial charge is 0.351 e. The van der Waals surface area contributed by atoms with E-state index < -0.39 is 0 Å². The minimum Gasteiger partial charge on any atom is -0.265 e. The van der Waals surface area contributed by atoms with Gasteiger partial charge in [-0.2, -0.15) is 0 Å². The third kappa shape index (κ3) is 1.90. The number of hydrogen-bond donors (Lipinski definition) is 0. The molecule has 0 aliphatic carbocycles. The summed E-state index contributed by atoms with van der Waals surface area (Å²) in [5.74, 6) is 0. The van der Waals surface area contributed by atoms with Gasteiger partial charge < -0.3 is 0 Å². The van der Waals surface area contributed by atoms with Crippen LogP contribution in [0.3, 0.4) is 0 Å². The first kappa shape index (κ1) is 12.8. The molecule has 22 heavy (non-hydrogen) atoms. The molecule has 4 aromatic rings. The molecule has 0 amide bonds. The molecule has 0 N–H and O–H groups in total. The Balaban J connectivity index is 1.99. The minimum atomic E-state index is -0.119. The Hall–Kier alpha value is -2.95. The van der Waals surface area contributed by atoms with Gasteiger partial charge in [-0.25, -0.2) is 13.9 Å². The standard InChI is InChI=1S/C17H14N4O/c1-12-10-14-4-2-3-5-15(14)21-16(12)19-20(17(21)22)11-13-6-8-18-9-7-13/h2-10H,11H2,1H3. The third-order valence-corrected chi connectivity index (χ3v) is 3.82. The van der Waals surface area contributed by atoms with Gasteiger partial charge in [-0.05, 0) is 47.7 Å². The van der Waals surface area contributed by atoms with Crippen LogP contribution in [0.5, 0.6) is 0 Å². The van der Waals surface area contributed by atoms with Gasteiger partial charge in [0, 0.05) is 12.4 Å². The van der Waals surface area contributed by atoms with Gasteiger partial charge in [-0.15, -0.1) is 5.10 Å². The lowest BCUT2D eigenvalue weighted by Crippen LogP contribution is -2.22. The molecule has 1 aromatic carbocycles. The average Bonchev–Trinajstić information content (AvgIpc) is 2.87. The molecule has 3 heterocycles. The lowest BCUT2D eigenvalue weighted by atomic mass is 10.1. The van der Waals surface area contributed by atoms with Gasteiger partial charge in [-0.3, -0.25) is 4.98 Å². The number of para-hydroxylation sites is 1. The summed E-state index contributed by atoms with van der Waals surface area (Å²) in [5, 5.41) is 5.54. The van der Waals surface area contributed by atoms with Crippen molar-refractivity contribution in [3.8, 4) is 0 Å². The zero-order valence-electron chi connectivity index (χ0n) is 12.1. The summed E-state index contributed by atoms with van der Waals surface area (Å²) in [6.45, 7) is 2.42. The van der Waals surface area contributed by atoms with E-state index in [1.54, 1.807) is 16.8 Å². The van der Waals surface area contributed by atoms with Crippen LogP contribution in [0.15, 0.2) is 59.7 Å². The van der Waals surface area contributed by atoms with E-state index >= 15 is 0 Å². The number of aromatic nitrogens is 4. The molecule has 5 nitrogen and oxygen atoms in total. The Morgan fingerprint density at radius 1 is 1.09 bits per heavy atom. The van der Waals surface area contributed by atoms with Gasteiger partial charge in [0.25, 0.3) is 0 Å². The Morgan fingerprint density at radius 3 is 2.68 bits per heavy atom. The van der Waals surface area contributed by atoms with Gasteiger partial charge in [0.1, 0.15) is 0 Å². The van der Waals surface area contributed by atoms with Gasteiger partial charge in [0.2, 0.25) is 0 Å². The van der Waals surface area contributed by atoms with E-state index in [-0.39, 0.29) is 5.69 Å². The second-order valence-corrected chi connectivity index (χ2v) is 5.34. The summed E-state index contributed by atoms with van der Waals surface area (Å²) >= 11 is 0. The van der Waals surface area contributed by atoms with Crippen LogP contribution in [0.4, 0.5) is 0 Å². The van der Waals surface area contributed by atoms with Crippen LogP contribution in [0, 0.1) is 6.92 Å². The number of hydrogen-bond acceptors (Lipinski definition) is 3. The van der Waals surface area contributed by atoms with Gasteiger partial charge in [0.15, 0.2) is 5.65 Å². The molecular weight excluding hydrogens is 276 g/mol. The first-order chi connectivity index (χ1) is 10.7. The molecule has 0 fully saturated rings. The SMILES string of the molecule is Cc1cc2ccccc2n2c(=O)n(Cc3ccncc3)nc12. The van der Waals surface area contributed by atoms with Crippen molar-refractivity contribution in [3.05, 3.63) is 76.5 Å². The number of aryl methyl sites for hydroxylation is 1. The van der Waals surface area contributed by atoms with Crippen molar-refractivity contribution in [1.29, 1.82) is 0 Å².